The van der Waals surface area contributed by atoms with Gasteiger partial charge in [0.2, 0.25) is 5.75 Å². The molecule has 0 fully saturated rings. The number of benzene rings is 2. The van der Waals surface area contributed by atoms with E-state index in [9.17, 15) is 9.59 Å². The van der Waals surface area contributed by atoms with Gasteiger partial charge in [0.05, 0.1) is 26.4 Å². The quantitative estimate of drug-likeness (QED) is 0.501. The second kappa shape index (κ2) is 11.7. The number of carbonyl (C=O) groups excluding carboxylic acids is 2. The fraction of sp³-hybridized carbons (Fsp3) is 0.391. The molecule has 0 aliphatic rings. The Kier molecular flexibility index (Phi) is 8.99. The summed E-state index contributed by atoms with van der Waals surface area (Å²) in [6.07, 6.45) is 0. The fourth-order valence-electron chi connectivity index (χ4n) is 2.95. The van der Waals surface area contributed by atoms with Crippen molar-refractivity contribution in [2.24, 2.45) is 0 Å². The first-order valence-corrected chi connectivity index (χ1v) is 10.4. The Morgan fingerprint density at radius 1 is 0.839 bits per heavy atom. The van der Waals surface area contributed by atoms with Crippen LogP contribution in [0.15, 0.2) is 30.3 Å². The topological polar surface area (TPSA) is 97.9 Å². The van der Waals surface area contributed by atoms with Crippen LogP contribution in [0, 0.1) is 13.8 Å². The first kappa shape index (κ1) is 23.9. The van der Waals surface area contributed by atoms with Crippen LogP contribution < -0.4 is 30.4 Å². The van der Waals surface area contributed by atoms with E-state index in [1.54, 1.807) is 12.1 Å². The van der Waals surface area contributed by atoms with Crippen molar-refractivity contribution >= 4 is 17.5 Å². The first-order chi connectivity index (χ1) is 14.9. The normalized spacial score (nSPS) is 10.2. The summed E-state index contributed by atoms with van der Waals surface area (Å²) in [6.45, 7) is 10.7. The van der Waals surface area contributed by atoms with Gasteiger partial charge >= 0.3 is 0 Å². The van der Waals surface area contributed by atoms with E-state index < -0.39 is 5.91 Å². The van der Waals surface area contributed by atoms with Crippen LogP contribution in [0.1, 0.15) is 42.3 Å². The molecular formula is C23H31N3O5. The molecule has 0 spiro atoms. The maximum atomic E-state index is 12.6. The highest BCUT2D eigenvalue weighted by molar-refractivity contribution is 5.97. The Hall–Kier alpha value is -3.42. The lowest BCUT2D eigenvalue weighted by atomic mass is 10.1. The number of amides is 2. The number of aryl methyl sites for hydroxylation is 2. The molecule has 0 aromatic heterocycles. The van der Waals surface area contributed by atoms with Crippen LogP contribution in [0.2, 0.25) is 0 Å². The minimum atomic E-state index is -0.496. The van der Waals surface area contributed by atoms with E-state index in [0.717, 1.165) is 16.8 Å². The maximum Gasteiger partial charge on any atom is 0.269 e. The number of nitrogens with one attached hydrogen (secondary N) is 3. The van der Waals surface area contributed by atoms with E-state index in [1.165, 1.54) is 0 Å². The number of hydrazine groups is 1. The number of hydrogen-bond donors (Lipinski definition) is 3. The number of hydrogen-bond acceptors (Lipinski definition) is 6. The van der Waals surface area contributed by atoms with Gasteiger partial charge in [-0.05, 0) is 58.4 Å². The molecule has 0 saturated heterocycles. The second-order valence-electron chi connectivity index (χ2n) is 6.77. The van der Waals surface area contributed by atoms with Crippen molar-refractivity contribution in [1.82, 2.24) is 10.9 Å². The highest BCUT2D eigenvalue weighted by atomic mass is 16.5. The van der Waals surface area contributed by atoms with Crippen LogP contribution in [0.3, 0.4) is 0 Å². The van der Waals surface area contributed by atoms with Gasteiger partial charge in [0.15, 0.2) is 11.5 Å². The number of carbonyl (C=O) groups is 2. The van der Waals surface area contributed by atoms with Gasteiger partial charge in [0, 0.05) is 11.3 Å². The Bertz CT molecular complexity index is 887. The molecule has 31 heavy (non-hydrogen) atoms. The van der Waals surface area contributed by atoms with Gasteiger partial charge < -0.3 is 19.5 Å². The molecule has 0 unspecified atom stereocenters. The zero-order chi connectivity index (χ0) is 22.8. The zero-order valence-corrected chi connectivity index (χ0v) is 18.8. The van der Waals surface area contributed by atoms with Crippen molar-refractivity contribution in [3.8, 4) is 17.2 Å². The SMILES string of the molecule is CCOc1cc(C(=O)NNC(=O)CNc2ccc(C)cc2C)cc(OCC)c1OCC. The summed E-state index contributed by atoms with van der Waals surface area (Å²) in [4.78, 5) is 24.7. The van der Waals surface area contributed by atoms with Gasteiger partial charge in [-0.25, -0.2) is 0 Å². The third kappa shape index (κ3) is 6.80. The second-order valence-corrected chi connectivity index (χ2v) is 6.77. The standard InChI is InChI=1S/C23H31N3O5/c1-6-29-19-12-17(13-20(30-7-2)22(19)31-8-3)23(28)26-25-21(27)14-24-18-10-9-15(4)11-16(18)5/h9-13,24H,6-8,14H2,1-5H3,(H,25,27)(H,26,28). The molecule has 168 valence electrons. The molecule has 0 atom stereocenters. The molecule has 2 aromatic carbocycles. The third-order valence-electron chi connectivity index (χ3n) is 4.31. The molecule has 0 saturated carbocycles. The summed E-state index contributed by atoms with van der Waals surface area (Å²) in [5, 5.41) is 3.06. The van der Waals surface area contributed by atoms with Crippen molar-refractivity contribution in [1.29, 1.82) is 0 Å². The van der Waals surface area contributed by atoms with Crippen LogP contribution in [-0.2, 0) is 4.79 Å². The van der Waals surface area contributed by atoms with Crippen molar-refractivity contribution in [2.75, 3.05) is 31.7 Å². The van der Waals surface area contributed by atoms with Gasteiger partial charge in [0.25, 0.3) is 11.8 Å². The summed E-state index contributed by atoms with van der Waals surface area (Å²) in [7, 11) is 0. The molecule has 0 aliphatic heterocycles. The van der Waals surface area contributed by atoms with Crippen molar-refractivity contribution < 1.29 is 23.8 Å². The summed E-state index contributed by atoms with van der Waals surface area (Å²) < 4.78 is 16.9. The summed E-state index contributed by atoms with van der Waals surface area (Å²) in [5.41, 5.74) is 8.15. The van der Waals surface area contributed by atoms with Crippen molar-refractivity contribution in [3.63, 3.8) is 0 Å². The summed E-state index contributed by atoms with van der Waals surface area (Å²) in [5.74, 6) is 0.384. The maximum absolute atomic E-state index is 12.6. The number of anilines is 1. The first-order valence-electron chi connectivity index (χ1n) is 10.4. The van der Waals surface area contributed by atoms with Crippen molar-refractivity contribution in [3.05, 3.63) is 47.0 Å². The van der Waals surface area contributed by atoms with Crippen LogP contribution >= 0.6 is 0 Å². The number of ether oxygens (including phenoxy) is 3. The average molecular weight is 430 g/mol. The molecule has 0 bridgehead atoms. The monoisotopic (exact) mass is 429 g/mol. The van der Waals surface area contributed by atoms with E-state index >= 15 is 0 Å². The van der Waals surface area contributed by atoms with Crippen LogP contribution in [0.5, 0.6) is 17.2 Å². The summed E-state index contributed by atoms with van der Waals surface area (Å²) in [6, 6.07) is 9.03. The van der Waals surface area contributed by atoms with E-state index in [1.807, 2.05) is 52.8 Å². The lowest BCUT2D eigenvalue weighted by Crippen LogP contribution is -2.44. The van der Waals surface area contributed by atoms with Crippen LogP contribution in [-0.4, -0.2) is 38.2 Å². The van der Waals surface area contributed by atoms with E-state index in [0.29, 0.717) is 37.1 Å². The third-order valence-corrected chi connectivity index (χ3v) is 4.31. The zero-order valence-electron chi connectivity index (χ0n) is 18.8. The van der Waals surface area contributed by atoms with Crippen LogP contribution in [0.4, 0.5) is 5.69 Å². The Morgan fingerprint density at radius 3 is 2.00 bits per heavy atom. The van der Waals surface area contributed by atoms with Crippen molar-refractivity contribution in [2.45, 2.75) is 34.6 Å². The van der Waals surface area contributed by atoms with Gasteiger partial charge in [-0.15, -0.1) is 0 Å². The molecule has 0 radical (unpaired) electrons. The van der Waals surface area contributed by atoms with Gasteiger partial charge in [-0.3, -0.25) is 20.4 Å². The summed E-state index contributed by atoms with van der Waals surface area (Å²) >= 11 is 0. The molecule has 0 heterocycles. The smallest absolute Gasteiger partial charge is 0.269 e. The Morgan fingerprint density at radius 2 is 1.45 bits per heavy atom. The molecule has 2 amide bonds. The predicted molar refractivity (Wildman–Crippen MR) is 120 cm³/mol. The lowest BCUT2D eigenvalue weighted by Gasteiger charge is -2.17. The Balaban J connectivity index is 2.04. The van der Waals surface area contributed by atoms with Gasteiger partial charge in [-0.2, -0.15) is 0 Å². The minimum Gasteiger partial charge on any atom is -0.490 e. The predicted octanol–water partition coefficient (Wildman–Crippen LogP) is 3.37. The largest absolute Gasteiger partial charge is 0.490 e. The molecule has 3 N–H and O–H groups in total. The van der Waals surface area contributed by atoms with Gasteiger partial charge in [0.1, 0.15) is 0 Å². The van der Waals surface area contributed by atoms with E-state index in [4.69, 9.17) is 14.2 Å². The Labute approximate surface area is 183 Å². The molecule has 8 heteroatoms. The molecule has 0 aliphatic carbocycles. The molecular weight excluding hydrogens is 398 g/mol. The molecule has 2 rings (SSSR count). The average Bonchev–Trinajstić information content (AvgIpc) is 2.73. The fourth-order valence-corrected chi connectivity index (χ4v) is 2.95. The van der Waals surface area contributed by atoms with E-state index in [2.05, 4.69) is 16.2 Å². The van der Waals surface area contributed by atoms with E-state index in [-0.39, 0.29) is 18.0 Å². The van der Waals surface area contributed by atoms with Crippen LogP contribution in [0.25, 0.3) is 0 Å². The highest BCUT2D eigenvalue weighted by Crippen LogP contribution is 2.39. The van der Waals surface area contributed by atoms with Gasteiger partial charge in [-0.1, -0.05) is 17.7 Å². The number of rotatable bonds is 10. The molecule has 2 aromatic rings. The minimum absolute atomic E-state index is 0.0157. The highest BCUT2D eigenvalue weighted by Gasteiger charge is 2.18. The lowest BCUT2D eigenvalue weighted by molar-refractivity contribution is -0.120. The molecule has 8 nitrogen and oxygen atoms in total.